The van der Waals surface area contributed by atoms with Crippen LogP contribution in [-0.2, 0) is 4.74 Å². The number of halogens is 1. The highest BCUT2D eigenvalue weighted by atomic mass is 19.1. The molecule has 0 aliphatic carbocycles. The first kappa shape index (κ1) is 20.0. The molecule has 142 valence electrons. The zero-order valence-corrected chi connectivity index (χ0v) is 15.3. The number of methoxy groups -OCH3 is 2. The van der Waals surface area contributed by atoms with Crippen LogP contribution in [0.1, 0.15) is 28.4 Å². The highest BCUT2D eigenvalue weighted by Gasteiger charge is 2.21. The molecule has 2 aromatic carbocycles. The molecule has 0 fully saturated rings. The van der Waals surface area contributed by atoms with Crippen LogP contribution in [0.25, 0.3) is 6.08 Å². The molecule has 0 bridgehead atoms. The summed E-state index contributed by atoms with van der Waals surface area (Å²) in [5.41, 5.74) is 7.24. The Morgan fingerprint density at radius 3 is 2.56 bits per heavy atom. The van der Waals surface area contributed by atoms with Gasteiger partial charge in [0.15, 0.2) is 11.6 Å². The summed E-state index contributed by atoms with van der Waals surface area (Å²) in [6, 6.07) is 7.44. The maximum Gasteiger partial charge on any atom is 0.341 e. The van der Waals surface area contributed by atoms with Gasteiger partial charge in [0.2, 0.25) is 0 Å². The van der Waals surface area contributed by atoms with Crippen LogP contribution in [0.2, 0.25) is 0 Å². The van der Waals surface area contributed by atoms with Crippen molar-refractivity contribution in [3.05, 3.63) is 58.9 Å². The molecule has 0 heterocycles. The van der Waals surface area contributed by atoms with Gasteiger partial charge in [-0.1, -0.05) is 12.1 Å². The van der Waals surface area contributed by atoms with Gasteiger partial charge in [-0.2, -0.15) is 0 Å². The topological polar surface area (TPSA) is 94.6 Å². The summed E-state index contributed by atoms with van der Waals surface area (Å²) >= 11 is 0. The van der Waals surface area contributed by atoms with Gasteiger partial charge in [-0.3, -0.25) is 0 Å². The lowest BCUT2D eigenvalue weighted by Gasteiger charge is -2.14. The number of allylic oxidation sites excluding steroid dienone is 1. The third-order valence-corrected chi connectivity index (χ3v) is 3.78. The number of nitrogens with one attached hydrogen (secondary N) is 1. The van der Waals surface area contributed by atoms with E-state index in [-0.39, 0.29) is 40.6 Å². The zero-order chi connectivity index (χ0) is 20.0. The van der Waals surface area contributed by atoms with E-state index in [9.17, 15) is 9.18 Å². The Balaban J connectivity index is 2.39. The number of rotatable bonds is 7. The third-order valence-electron chi connectivity index (χ3n) is 3.78. The van der Waals surface area contributed by atoms with E-state index >= 15 is 0 Å². The minimum absolute atomic E-state index is 0.00623. The molecule has 0 unspecified atom stereocenters. The van der Waals surface area contributed by atoms with Crippen molar-refractivity contribution >= 4 is 23.4 Å². The van der Waals surface area contributed by atoms with Crippen molar-refractivity contribution in [1.82, 2.24) is 0 Å². The van der Waals surface area contributed by atoms with Crippen LogP contribution in [0, 0.1) is 11.2 Å². The van der Waals surface area contributed by atoms with Crippen LogP contribution >= 0.6 is 0 Å². The Kier molecular flexibility index (Phi) is 6.54. The largest absolute Gasteiger partial charge is 0.495 e. The molecule has 0 saturated carbocycles. The van der Waals surface area contributed by atoms with E-state index in [0.29, 0.717) is 5.56 Å². The van der Waals surface area contributed by atoms with Crippen LogP contribution in [0.4, 0.5) is 10.1 Å². The Bertz CT molecular complexity index is 894. The minimum Gasteiger partial charge on any atom is -0.495 e. The number of hydrogen-bond acceptors (Lipinski definition) is 6. The van der Waals surface area contributed by atoms with Crippen molar-refractivity contribution in [3.63, 3.8) is 0 Å². The molecule has 6 nitrogen and oxygen atoms in total. The lowest BCUT2D eigenvalue weighted by molar-refractivity contribution is 0.0522. The van der Waals surface area contributed by atoms with Gasteiger partial charge < -0.3 is 25.4 Å². The van der Waals surface area contributed by atoms with Gasteiger partial charge in [-0.25, -0.2) is 9.18 Å². The van der Waals surface area contributed by atoms with Gasteiger partial charge >= 0.3 is 5.97 Å². The van der Waals surface area contributed by atoms with E-state index < -0.39 is 11.8 Å². The minimum atomic E-state index is -0.565. The number of carbonyl (C=O) groups is 1. The summed E-state index contributed by atoms with van der Waals surface area (Å²) in [4.78, 5) is 12.1. The highest BCUT2D eigenvalue weighted by molar-refractivity contribution is 6.15. The molecule has 0 spiro atoms. The van der Waals surface area contributed by atoms with Crippen molar-refractivity contribution in [3.8, 4) is 11.5 Å². The predicted molar refractivity (Wildman–Crippen MR) is 102 cm³/mol. The monoisotopic (exact) mass is 372 g/mol. The number of hydrogen-bond donors (Lipinski definition) is 2. The first-order valence-corrected chi connectivity index (χ1v) is 8.17. The Labute approximate surface area is 156 Å². The Hall–Kier alpha value is -3.35. The van der Waals surface area contributed by atoms with Crippen LogP contribution < -0.4 is 15.2 Å². The Morgan fingerprint density at radius 1 is 1.22 bits per heavy atom. The second-order valence-electron chi connectivity index (χ2n) is 5.47. The average Bonchev–Trinajstić information content (AvgIpc) is 2.65. The number of carbonyl (C=O) groups excluding carboxylic acids is 1. The van der Waals surface area contributed by atoms with E-state index in [2.05, 4.69) is 0 Å². The van der Waals surface area contributed by atoms with Gasteiger partial charge in [-0.15, -0.1) is 0 Å². The molecular weight excluding hydrogens is 351 g/mol. The number of nitrogen functional groups attached to an aromatic ring is 1. The maximum absolute atomic E-state index is 13.8. The smallest absolute Gasteiger partial charge is 0.341 e. The maximum atomic E-state index is 13.8. The van der Waals surface area contributed by atoms with Crippen LogP contribution in [0.3, 0.4) is 0 Å². The summed E-state index contributed by atoms with van der Waals surface area (Å²) in [5.74, 6) is -0.781. The molecule has 2 rings (SSSR count). The first-order valence-electron chi connectivity index (χ1n) is 8.17. The number of benzene rings is 2. The van der Waals surface area contributed by atoms with E-state index in [1.54, 1.807) is 19.1 Å². The fourth-order valence-electron chi connectivity index (χ4n) is 2.51. The van der Waals surface area contributed by atoms with E-state index in [1.165, 1.54) is 44.6 Å². The molecule has 27 heavy (non-hydrogen) atoms. The van der Waals surface area contributed by atoms with Crippen molar-refractivity contribution in [2.24, 2.45) is 0 Å². The zero-order valence-electron chi connectivity index (χ0n) is 15.3. The molecule has 0 saturated heterocycles. The fourth-order valence-corrected chi connectivity index (χ4v) is 2.51. The summed E-state index contributed by atoms with van der Waals surface area (Å²) in [6.45, 7) is 1.91. The summed E-state index contributed by atoms with van der Waals surface area (Å²) in [6.07, 6.45) is 3.01. The van der Waals surface area contributed by atoms with Crippen LogP contribution in [-0.4, -0.2) is 32.5 Å². The molecule has 0 atom stereocenters. The first-order chi connectivity index (χ1) is 12.9. The average molecular weight is 372 g/mol. The van der Waals surface area contributed by atoms with E-state index in [4.69, 9.17) is 25.4 Å². The van der Waals surface area contributed by atoms with Crippen LogP contribution in [0.15, 0.2) is 36.4 Å². The van der Waals surface area contributed by atoms with Crippen LogP contribution in [0.5, 0.6) is 11.5 Å². The second kappa shape index (κ2) is 8.84. The molecule has 7 heteroatoms. The molecule has 0 aromatic heterocycles. The normalized spacial score (nSPS) is 10.7. The Morgan fingerprint density at radius 2 is 1.96 bits per heavy atom. The lowest BCUT2D eigenvalue weighted by Crippen LogP contribution is -2.12. The quantitative estimate of drug-likeness (QED) is 0.439. The molecular formula is C20H21FN2O4. The van der Waals surface area contributed by atoms with E-state index in [1.807, 2.05) is 0 Å². The number of anilines is 1. The van der Waals surface area contributed by atoms with Gasteiger partial charge in [-0.05, 0) is 42.8 Å². The number of esters is 1. The van der Waals surface area contributed by atoms with Gasteiger partial charge in [0, 0.05) is 5.69 Å². The third kappa shape index (κ3) is 4.44. The van der Waals surface area contributed by atoms with Gasteiger partial charge in [0.05, 0.1) is 32.1 Å². The summed E-state index contributed by atoms with van der Waals surface area (Å²) < 4.78 is 29.0. The molecule has 0 radical (unpaired) electrons. The standard InChI is InChI=1S/C20H21FN2O4/c1-4-27-20(24)13-7-9-16(23)18(19(13)26-3)15(22)8-5-12-6-10-17(25-2)14(21)11-12/h5-11,22H,4,23H2,1-3H3/b8-5+,22-15?. The van der Waals surface area contributed by atoms with Gasteiger partial charge in [0.1, 0.15) is 11.3 Å². The van der Waals surface area contributed by atoms with E-state index in [0.717, 1.165) is 0 Å². The van der Waals surface area contributed by atoms with Crippen molar-refractivity contribution < 1.29 is 23.4 Å². The number of nitrogens with two attached hydrogens (primary N) is 1. The summed E-state index contributed by atoms with van der Waals surface area (Å²) in [7, 11) is 2.77. The molecule has 0 aliphatic heterocycles. The van der Waals surface area contributed by atoms with Gasteiger partial charge in [0.25, 0.3) is 0 Å². The molecule has 0 amide bonds. The van der Waals surface area contributed by atoms with Crippen molar-refractivity contribution in [1.29, 1.82) is 5.41 Å². The summed E-state index contributed by atoms with van der Waals surface area (Å²) in [5, 5.41) is 8.32. The second-order valence-corrected chi connectivity index (χ2v) is 5.47. The number of ether oxygens (including phenoxy) is 3. The molecule has 3 N–H and O–H groups in total. The predicted octanol–water partition coefficient (Wildman–Crippen LogP) is 3.68. The SMILES string of the molecule is CCOC(=O)c1ccc(N)c(C(=N)/C=C/c2ccc(OC)c(F)c2)c1OC. The molecule has 2 aromatic rings. The molecule has 0 aliphatic rings. The van der Waals surface area contributed by atoms with Crippen molar-refractivity contribution in [2.45, 2.75) is 6.92 Å². The highest BCUT2D eigenvalue weighted by Crippen LogP contribution is 2.30. The van der Waals surface area contributed by atoms with Crippen molar-refractivity contribution in [2.75, 3.05) is 26.6 Å². The lowest BCUT2D eigenvalue weighted by atomic mass is 10.0. The fraction of sp³-hybridized carbons (Fsp3) is 0.200.